The van der Waals surface area contributed by atoms with E-state index in [-0.39, 0.29) is 0 Å². The van der Waals surface area contributed by atoms with Crippen molar-refractivity contribution in [1.82, 2.24) is 0 Å². The third-order valence-electron chi connectivity index (χ3n) is 3.05. The molecule has 0 aliphatic carbocycles. The minimum absolute atomic E-state index is 0.361. The van der Waals surface area contributed by atoms with Gasteiger partial charge in [-0.1, -0.05) is 58.7 Å². The van der Waals surface area contributed by atoms with Gasteiger partial charge in [-0.3, -0.25) is 0 Å². The fraction of sp³-hybridized carbons (Fsp3) is 0.250. The van der Waals surface area contributed by atoms with E-state index in [9.17, 15) is 0 Å². The molecule has 0 bridgehead atoms. The Morgan fingerprint density at radius 2 is 1.83 bits per heavy atom. The van der Waals surface area contributed by atoms with Gasteiger partial charge in [0, 0.05) is 10.2 Å². The molecule has 18 heavy (non-hydrogen) atoms. The van der Waals surface area contributed by atoms with Crippen LogP contribution in [-0.4, -0.2) is 0 Å². The van der Waals surface area contributed by atoms with Gasteiger partial charge in [0.15, 0.2) is 0 Å². The fourth-order valence-electron chi connectivity index (χ4n) is 2.00. The molecular weight excluding hydrogens is 286 g/mol. The van der Waals surface area contributed by atoms with E-state index in [1.165, 1.54) is 11.1 Å². The highest BCUT2D eigenvalue weighted by atomic mass is 79.9. The molecule has 2 aromatic rings. The minimum Gasteiger partial charge on any atom is -0.378 e. The van der Waals surface area contributed by atoms with Gasteiger partial charge in [0.1, 0.15) is 0 Å². The van der Waals surface area contributed by atoms with Crippen LogP contribution in [0.15, 0.2) is 53.0 Å². The van der Waals surface area contributed by atoms with Crippen molar-refractivity contribution in [3.63, 3.8) is 0 Å². The molecule has 2 rings (SSSR count). The van der Waals surface area contributed by atoms with Crippen molar-refractivity contribution in [2.45, 2.75) is 26.3 Å². The quantitative estimate of drug-likeness (QED) is 0.806. The maximum atomic E-state index is 3.58. The first kappa shape index (κ1) is 13.2. The van der Waals surface area contributed by atoms with Gasteiger partial charge in [0.25, 0.3) is 0 Å². The van der Waals surface area contributed by atoms with Crippen molar-refractivity contribution >= 4 is 21.6 Å². The molecule has 0 aliphatic heterocycles. The van der Waals surface area contributed by atoms with Crippen molar-refractivity contribution in [3.05, 3.63) is 64.1 Å². The smallest absolute Gasteiger partial charge is 0.0511 e. The van der Waals surface area contributed by atoms with E-state index in [2.05, 4.69) is 71.5 Å². The van der Waals surface area contributed by atoms with Gasteiger partial charge < -0.3 is 5.32 Å². The van der Waals surface area contributed by atoms with E-state index in [1.807, 2.05) is 12.1 Å². The lowest BCUT2D eigenvalue weighted by atomic mass is 10.0. The Hall–Kier alpha value is -1.28. The second kappa shape index (κ2) is 6.05. The first-order valence-electron chi connectivity index (χ1n) is 6.27. The van der Waals surface area contributed by atoms with Gasteiger partial charge in [-0.05, 0) is 37.1 Å². The zero-order valence-corrected chi connectivity index (χ0v) is 12.4. The number of hydrogen-bond donors (Lipinski definition) is 1. The molecule has 0 saturated heterocycles. The number of hydrogen-bond acceptors (Lipinski definition) is 1. The molecule has 0 aliphatic rings. The van der Waals surface area contributed by atoms with Gasteiger partial charge in [-0.15, -0.1) is 0 Å². The Bertz CT molecular complexity index is 505. The van der Waals surface area contributed by atoms with Crippen LogP contribution in [0.3, 0.4) is 0 Å². The summed E-state index contributed by atoms with van der Waals surface area (Å²) in [6, 6.07) is 17.4. The normalized spacial score (nSPS) is 12.2. The number of benzene rings is 2. The number of halogens is 1. The highest BCUT2D eigenvalue weighted by Gasteiger charge is 2.08. The molecule has 0 heterocycles. The highest BCUT2D eigenvalue weighted by molar-refractivity contribution is 9.10. The largest absolute Gasteiger partial charge is 0.378 e. The van der Waals surface area contributed by atoms with Crippen LogP contribution in [-0.2, 0) is 0 Å². The lowest BCUT2D eigenvalue weighted by Crippen LogP contribution is -2.09. The molecule has 0 spiro atoms. The van der Waals surface area contributed by atoms with Crippen molar-refractivity contribution in [2.24, 2.45) is 0 Å². The van der Waals surface area contributed by atoms with E-state index >= 15 is 0 Å². The molecule has 1 N–H and O–H groups in total. The molecule has 0 aromatic heterocycles. The van der Waals surface area contributed by atoms with Crippen LogP contribution in [0.1, 0.15) is 30.5 Å². The molecule has 94 valence electrons. The van der Waals surface area contributed by atoms with E-state index in [1.54, 1.807) is 0 Å². The Morgan fingerprint density at radius 3 is 2.44 bits per heavy atom. The second-order valence-corrected chi connectivity index (χ2v) is 5.44. The van der Waals surface area contributed by atoms with Crippen molar-refractivity contribution < 1.29 is 0 Å². The summed E-state index contributed by atoms with van der Waals surface area (Å²) in [6.45, 7) is 4.32. The first-order valence-corrected chi connectivity index (χ1v) is 7.07. The summed E-state index contributed by atoms with van der Waals surface area (Å²) in [6.07, 6.45) is 1.07. The SMILES string of the molecule is CCC(Nc1cccc(Br)c1)c1ccc(C)cc1. The monoisotopic (exact) mass is 303 g/mol. The van der Waals surface area contributed by atoms with E-state index < -0.39 is 0 Å². The van der Waals surface area contributed by atoms with Crippen LogP contribution < -0.4 is 5.32 Å². The van der Waals surface area contributed by atoms with E-state index in [4.69, 9.17) is 0 Å². The molecule has 2 heteroatoms. The summed E-state index contributed by atoms with van der Waals surface area (Å²) in [4.78, 5) is 0. The van der Waals surface area contributed by atoms with Crippen molar-refractivity contribution in [1.29, 1.82) is 0 Å². The summed E-state index contributed by atoms with van der Waals surface area (Å²) in [5.41, 5.74) is 3.79. The third-order valence-corrected chi connectivity index (χ3v) is 3.55. The lowest BCUT2D eigenvalue weighted by molar-refractivity contribution is 0.749. The topological polar surface area (TPSA) is 12.0 Å². The molecule has 1 atom stereocenters. The predicted molar refractivity (Wildman–Crippen MR) is 82.0 cm³/mol. The Morgan fingerprint density at radius 1 is 1.11 bits per heavy atom. The first-order chi connectivity index (χ1) is 8.69. The van der Waals surface area contributed by atoms with Crippen LogP contribution in [0.5, 0.6) is 0 Å². The van der Waals surface area contributed by atoms with Gasteiger partial charge in [-0.25, -0.2) is 0 Å². The van der Waals surface area contributed by atoms with Crippen molar-refractivity contribution in [2.75, 3.05) is 5.32 Å². The number of anilines is 1. The second-order valence-electron chi connectivity index (χ2n) is 4.53. The highest BCUT2D eigenvalue weighted by Crippen LogP contribution is 2.24. The number of nitrogens with one attached hydrogen (secondary N) is 1. The van der Waals surface area contributed by atoms with E-state index in [0.29, 0.717) is 6.04 Å². The van der Waals surface area contributed by atoms with Crippen LogP contribution in [0.2, 0.25) is 0 Å². The standard InChI is InChI=1S/C16H18BrN/c1-3-16(13-9-7-12(2)8-10-13)18-15-6-4-5-14(17)11-15/h4-11,16,18H,3H2,1-2H3. The molecule has 1 nitrogen and oxygen atoms in total. The maximum absolute atomic E-state index is 3.58. The molecule has 0 amide bonds. The fourth-order valence-corrected chi connectivity index (χ4v) is 2.40. The number of aryl methyl sites for hydroxylation is 1. The molecule has 1 unspecified atom stereocenters. The third kappa shape index (κ3) is 3.36. The van der Waals surface area contributed by atoms with Crippen LogP contribution in [0.25, 0.3) is 0 Å². The zero-order valence-electron chi connectivity index (χ0n) is 10.8. The molecule has 0 fully saturated rings. The molecule has 2 aromatic carbocycles. The zero-order chi connectivity index (χ0) is 13.0. The van der Waals surface area contributed by atoms with Gasteiger partial charge in [-0.2, -0.15) is 0 Å². The average Bonchev–Trinajstić information content (AvgIpc) is 2.37. The summed E-state index contributed by atoms with van der Waals surface area (Å²) in [7, 11) is 0. The summed E-state index contributed by atoms with van der Waals surface area (Å²) >= 11 is 3.50. The Balaban J connectivity index is 2.17. The average molecular weight is 304 g/mol. The maximum Gasteiger partial charge on any atom is 0.0511 e. The van der Waals surface area contributed by atoms with Crippen molar-refractivity contribution in [3.8, 4) is 0 Å². The lowest BCUT2D eigenvalue weighted by Gasteiger charge is -2.19. The van der Waals surface area contributed by atoms with Gasteiger partial charge >= 0.3 is 0 Å². The Labute approximate surface area is 117 Å². The van der Waals surface area contributed by atoms with Crippen LogP contribution in [0, 0.1) is 6.92 Å². The van der Waals surface area contributed by atoms with Gasteiger partial charge in [0.2, 0.25) is 0 Å². The summed E-state index contributed by atoms with van der Waals surface area (Å²) < 4.78 is 1.10. The predicted octanol–water partition coefficient (Wildman–Crippen LogP) is 5.32. The molecule has 0 saturated carbocycles. The van der Waals surface area contributed by atoms with Crippen LogP contribution >= 0.6 is 15.9 Å². The Kier molecular flexibility index (Phi) is 4.43. The van der Waals surface area contributed by atoms with Crippen LogP contribution in [0.4, 0.5) is 5.69 Å². The number of rotatable bonds is 4. The van der Waals surface area contributed by atoms with Gasteiger partial charge in [0.05, 0.1) is 6.04 Å². The summed E-state index contributed by atoms with van der Waals surface area (Å²) in [5.74, 6) is 0. The summed E-state index contributed by atoms with van der Waals surface area (Å²) in [5, 5.41) is 3.58. The molecule has 0 radical (unpaired) electrons. The molecular formula is C16H18BrN. The van der Waals surface area contributed by atoms with E-state index in [0.717, 1.165) is 16.6 Å². The minimum atomic E-state index is 0.361.